The van der Waals surface area contributed by atoms with Gasteiger partial charge in [0.25, 0.3) is 0 Å². The number of hydrogen-bond donors (Lipinski definition) is 2. The van der Waals surface area contributed by atoms with Gasteiger partial charge in [-0.1, -0.05) is 111 Å². The zero-order chi connectivity index (χ0) is 41.4. The molecule has 0 bridgehead atoms. The monoisotopic (exact) mass is 800 g/mol. The summed E-state index contributed by atoms with van der Waals surface area (Å²) in [7, 11) is 0. The average Bonchev–Trinajstić information content (AvgIpc) is 3.23. The molecule has 11 heteroatoms. The first-order valence-electron chi connectivity index (χ1n) is 22.0. The van der Waals surface area contributed by atoms with Crippen molar-refractivity contribution in [3.05, 3.63) is 54.1 Å². The third-order valence-electron chi connectivity index (χ3n) is 9.32. The lowest BCUT2D eigenvalue weighted by Gasteiger charge is -2.20. The van der Waals surface area contributed by atoms with Gasteiger partial charge >= 0.3 is 0 Å². The number of rotatable bonds is 30. The molecule has 318 valence electrons. The number of anilines is 4. The standard InChI is InChI=1S/C47H69N5O6/c1-8-15-25-53-39-31-37(32-40(54-26-16-9-2)43(39)57-29-19-12-5)48-46-50-45(36-23-21-35(14-7)22-24-36)51-47(52-46)49-38-33-41(55-27-17-10-3)44(58-30-20-13-6)42(34-38)56-28-18-11-4/h21-24,31-34H,8-20,25-30H2,1-7H3,(H2,48,49,50,51,52). The number of aryl methyl sites for hydroxylation is 1. The van der Waals surface area contributed by atoms with Crippen LogP contribution in [0.15, 0.2) is 48.5 Å². The second-order valence-electron chi connectivity index (χ2n) is 14.4. The summed E-state index contributed by atoms with van der Waals surface area (Å²) in [5.74, 6) is 4.95. The Kier molecular flexibility index (Phi) is 20.6. The molecule has 1 aromatic heterocycles. The highest BCUT2D eigenvalue weighted by atomic mass is 16.5. The van der Waals surface area contributed by atoms with Crippen LogP contribution >= 0.6 is 0 Å². The Morgan fingerprint density at radius 2 is 0.741 bits per heavy atom. The van der Waals surface area contributed by atoms with Gasteiger partial charge in [-0.25, -0.2) is 0 Å². The Hall–Kier alpha value is -4.93. The summed E-state index contributed by atoms with van der Waals surface area (Å²) in [6.45, 7) is 18.4. The maximum atomic E-state index is 6.34. The highest BCUT2D eigenvalue weighted by Gasteiger charge is 2.20. The average molecular weight is 800 g/mol. The van der Waals surface area contributed by atoms with Gasteiger partial charge in [0.15, 0.2) is 28.8 Å². The first-order valence-corrected chi connectivity index (χ1v) is 22.0. The normalized spacial score (nSPS) is 10.9. The van der Waals surface area contributed by atoms with E-state index < -0.39 is 0 Å². The van der Waals surface area contributed by atoms with Gasteiger partial charge in [-0.2, -0.15) is 15.0 Å². The van der Waals surface area contributed by atoms with Crippen molar-refractivity contribution in [3.63, 3.8) is 0 Å². The molecule has 11 nitrogen and oxygen atoms in total. The lowest BCUT2D eigenvalue weighted by molar-refractivity contribution is 0.237. The molecular formula is C47H69N5O6. The van der Waals surface area contributed by atoms with Crippen LogP contribution < -0.4 is 39.1 Å². The Labute approximate surface area is 348 Å². The molecule has 3 aromatic carbocycles. The minimum Gasteiger partial charge on any atom is -0.489 e. The van der Waals surface area contributed by atoms with E-state index in [2.05, 4.69) is 71.2 Å². The topological polar surface area (TPSA) is 118 Å². The first kappa shape index (κ1) is 45.8. The van der Waals surface area contributed by atoms with Gasteiger partial charge in [-0.15, -0.1) is 0 Å². The summed E-state index contributed by atoms with van der Waals surface area (Å²) in [5, 5.41) is 6.92. The predicted molar refractivity (Wildman–Crippen MR) is 237 cm³/mol. The Bertz CT molecular complexity index is 1610. The largest absolute Gasteiger partial charge is 0.489 e. The summed E-state index contributed by atoms with van der Waals surface area (Å²) >= 11 is 0. The number of aromatic nitrogens is 3. The number of nitrogens with one attached hydrogen (secondary N) is 2. The van der Waals surface area contributed by atoms with Crippen molar-refractivity contribution in [1.82, 2.24) is 15.0 Å². The van der Waals surface area contributed by atoms with Crippen LogP contribution in [0.1, 0.15) is 131 Å². The molecule has 1 heterocycles. The number of ether oxygens (including phenoxy) is 6. The van der Waals surface area contributed by atoms with E-state index in [1.165, 1.54) is 5.56 Å². The third kappa shape index (κ3) is 14.8. The molecule has 0 amide bonds. The van der Waals surface area contributed by atoms with Crippen LogP contribution in [0.25, 0.3) is 11.4 Å². The smallest absolute Gasteiger partial charge is 0.232 e. The fourth-order valence-electron chi connectivity index (χ4n) is 5.72. The molecule has 58 heavy (non-hydrogen) atoms. The summed E-state index contributed by atoms with van der Waals surface area (Å²) in [6, 6.07) is 16.1. The molecule has 0 saturated carbocycles. The van der Waals surface area contributed by atoms with Crippen molar-refractivity contribution in [1.29, 1.82) is 0 Å². The van der Waals surface area contributed by atoms with E-state index in [4.69, 9.17) is 43.4 Å². The molecule has 0 aliphatic heterocycles. The predicted octanol–water partition coefficient (Wildman–Crippen LogP) is 12.7. The highest BCUT2D eigenvalue weighted by Crippen LogP contribution is 2.43. The molecule has 0 fully saturated rings. The van der Waals surface area contributed by atoms with Crippen LogP contribution in [0.3, 0.4) is 0 Å². The molecule has 0 aliphatic rings. The van der Waals surface area contributed by atoms with Crippen LogP contribution in [0.5, 0.6) is 34.5 Å². The van der Waals surface area contributed by atoms with Crippen molar-refractivity contribution in [2.24, 2.45) is 0 Å². The maximum Gasteiger partial charge on any atom is 0.232 e. The van der Waals surface area contributed by atoms with E-state index in [0.717, 1.165) is 89.0 Å². The minimum atomic E-state index is 0.351. The van der Waals surface area contributed by atoms with Crippen LogP contribution in [-0.2, 0) is 6.42 Å². The van der Waals surface area contributed by atoms with E-state index in [-0.39, 0.29) is 0 Å². The van der Waals surface area contributed by atoms with Crippen LogP contribution in [0, 0.1) is 0 Å². The van der Waals surface area contributed by atoms with Crippen LogP contribution in [0.4, 0.5) is 23.3 Å². The molecule has 0 spiro atoms. The number of unbranched alkanes of at least 4 members (excludes halogenated alkanes) is 6. The van der Waals surface area contributed by atoms with Crippen molar-refractivity contribution in [2.45, 2.75) is 132 Å². The van der Waals surface area contributed by atoms with Gasteiger partial charge < -0.3 is 39.1 Å². The van der Waals surface area contributed by atoms with Crippen LogP contribution in [0.2, 0.25) is 0 Å². The fraction of sp³-hybridized carbons (Fsp3) is 0.553. The lowest BCUT2D eigenvalue weighted by Crippen LogP contribution is -2.09. The molecule has 0 radical (unpaired) electrons. The second-order valence-corrected chi connectivity index (χ2v) is 14.4. The van der Waals surface area contributed by atoms with Gasteiger partial charge in [0.1, 0.15) is 0 Å². The van der Waals surface area contributed by atoms with E-state index in [1.54, 1.807) is 0 Å². The number of benzene rings is 3. The molecule has 2 N–H and O–H groups in total. The van der Waals surface area contributed by atoms with Crippen molar-refractivity contribution in [3.8, 4) is 45.9 Å². The summed E-state index contributed by atoms with van der Waals surface area (Å²) in [5.41, 5.74) is 3.51. The minimum absolute atomic E-state index is 0.351. The molecule has 0 unspecified atom stereocenters. The van der Waals surface area contributed by atoms with E-state index in [9.17, 15) is 0 Å². The fourth-order valence-corrected chi connectivity index (χ4v) is 5.72. The maximum absolute atomic E-state index is 6.34. The SMILES string of the molecule is CCCCOc1cc(Nc2nc(Nc3cc(OCCCC)c(OCCCC)c(OCCCC)c3)nc(-c3ccc(CC)cc3)n2)cc(OCCCC)c1OCCCC. The van der Waals surface area contributed by atoms with Gasteiger partial charge in [-0.05, 0) is 50.5 Å². The molecular weight excluding hydrogens is 731 g/mol. The lowest BCUT2D eigenvalue weighted by atomic mass is 10.1. The van der Waals surface area contributed by atoms with Crippen molar-refractivity contribution < 1.29 is 28.4 Å². The molecule has 4 aromatic rings. The van der Waals surface area contributed by atoms with Gasteiger partial charge in [0, 0.05) is 41.2 Å². The second kappa shape index (κ2) is 26.1. The summed E-state index contributed by atoms with van der Waals surface area (Å²) < 4.78 is 38.0. The van der Waals surface area contributed by atoms with Gasteiger partial charge in [0.05, 0.1) is 39.6 Å². The first-order chi connectivity index (χ1) is 28.5. The Morgan fingerprint density at radius 1 is 0.414 bits per heavy atom. The Morgan fingerprint density at radius 3 is 1.05 bits per heavy atom. The number of nitrogens with zero attached hydrogens (tertiary/aromatic N) is 3. The van der Waals surface area contributed by atoms with Crippen LogP contribution in [-0.4, -0.2) is 54.6 Å². The zero-order valence-corrected chi connectivity index (χ0v) is 36.3. The summed E-state index contributed by atoms with van der Waals surface area (Å²) in [4.78, 5) is 14.7. The van der Waals surface area contributed by atoms with E-state index in [1.807, 2.05) is 36.4 Å². The third-order valence-corrected chi connectivity index (χ3v) is 9.32. The molecule has 4 rings (SSSR count). The van der Waals surface area contributed by atoms with Crippen molar-refractivity contribution in [2.75, 3.05) is 50.3 Å². The molecule has 0 saturated heterocycles. The highest BCUT2D eigenvalue weighted by molar-refractivity contribution is 5.70. The Balaban J connectivity index is 1.81. The van der Waals surface area contributed by atoms with E-state index in [0.29, 0.717) is 103 Å². The summed E-state index contributed by atoms with van der Waals surface area (Å²) in [6.07, 6.45) is 12.6. The molecule has 0 atom stereocenters. The van der Waals surface area contributed by atoms with E-state index >= 15 is 0 Å². The number of hydrogen-bond acceptors (Lipinski definition) is 11. The van der Waals surface area contributed by atoms with Crippen molar-refractivity contribution >= 4 is 23.3 Å². The zero-order valence-electron chi connectivity index (χ0n) is 36.3. The quantitative estimate of drug-likeness (QED) is 0.0491. The molecule has 0 aliphatic carbocycles. The van der Waals surface area contributed by atoms with Gasteiger partial charge in [0.2, 0.25) is 23.4 Å². The van der Waals surface area contributed by atoms with Gasteiger partial charge in [-0.3, -0.25) is 0 Å².